The molecule has 1 amide bonds. The van der Waals surface area contributed by atoms with Gasteiger partial charge >= 0.3 is 0 Å². The third-order valence-corrected chi connectivity index (χ3v) is 4.89. The van der Waals surface area contributed by atoms with Crippen molar-refractivity contribution in [2.45, 2.75) is 13.5 Å². The number of rotatable bonds is 5. The third-order valence-electron chi connectivity index (χ3n) is 3.28. The first-order valence-electron chi connectivity index (χ1n) is 6.64. The molecule has 0 radical (unpaired) electrons. The van der Waals surface area contributed by atoms with Crippen LogP contribution < -0.4 is 5.32 Å². The predicted molar refractivity (Wildman–Crippen MR) is 82.4 cm³/mol. The number of piperazine rings is 1. The second-order valence-electron chi connectivity index (χ2n) is 4.64. The number of carbonyl (C=O) groups excluding carboxylic acids is 1. The Bertz CT molecular complexity index is 418. The average molecular weight is 346 g/mol. The van der Waals surface area contributed by atoms with Gasteiger partial charge < -0.3 is 10.2 Å². The molecule has 0 spiro atoms. The van der Waals surface area contributed by atoms with E-state index in [1.165, 1.54) is 4.88 Å². The second-order valence-corrected chi connectivity index (χ2v) is 7.19. The molecule has 1 fully saturated rings. The number of nitrogens with one attached hydrogen (secondary N) is 1. The first-order valence-corrected chi connectivity index (χ1v) is 8.25. The van der Waals surface area contributed by atoms with Gasteiger partial charge in [0, 0.05) is 37.6 Å². The topological polar surface area (TPSA) is 35.6 Å². The molecule has 0 saturated carbocycles. The van der Waals surface area contributed by atoms with Crippen LogP contribution >= 0.6 is 27.3 Å². The average Bonchev–Trinajstić information content (AvgIpc) is 2.82. The maximum atomic E-state index is 12.3. The smallest absolute Gasteiger partial charge is 0.237 e. The fourth-order valence-electron chi connectivity index (χ4n) is 2.16. The number of hydrogen-bond donors (Lipinski definition) is 1. The zero-order valence-corrected chi connectivity index (χ0v) is 13.6. The maximum absolute atomic E-state index is 12.3. The van der Waals surface area contributed by atoms with Crippen molar-refractivity contribution >= 4 is 33.2 Å². The van der Waals surface area contributed by atoms with Crippen molar-refractivity contribution in [3.8, 4) is 0 Å². The molecule has 2 rings (SSSR count). The molecule has 2 heterocycles. The molecule has 0 bridgehead atoms. The molecule has 4 nitrogen and oxygen atoms in total. The molecule has 6 heteroatoms. The van der Waals surface area contributed by atoms with E-state index in [1.807, 2.05) is 17.9 Å². The van der Waals surface area contributed by atoms with Crippen molar-refractivity contribution in [3.05, 3.63) is 20.8 Å². The van der Waals surface area contributed by atoms with Gasteiger partial charge in [-0.05, 0) is 35.0 Å². The Morgan fingerprint density at radius 3 is 2.79 bits per heavy atom. The Balaban J connectivity index is 1.87. The summed E-state index contributed by atoms with van der Waals surface area (Å²) in [4.78, 5) is 17.7. The highest BCUT2D eigenvalue weighted by atomic mass is 79.9. The summed E-state index contributed by atoms with van der Waals surface area (Å²) in [6.45, 7) is 7.97. The Morgan fingerprint density at radius 2 is 2.21 bits per heavy atom. The largest absolute Gasteiger partial charge is 0.337 e. The molecule has 1 aliphatic heterocycles. The number of nitrogens with zero attached hydrogens (tertiary/aromatic N) is 2. The second kappa shape index (κ2) is 7.38. The lowest BCUT2D eigenvalue weighted by molar-refractivity contribution is -0.132. The monoisotopic (exact) mass is 345 g/mol. The summed E-state index contributed by atoms with van der Waals surface area (Å²) in [5.74, 6) is 0.230. The summed E-state index contributed by atoms with van der Waals surface area (Å²) in [5.41, 5.74) is 0. The quantitative estimate of drug-likeness (QED) is 0.883. The summed E-state index contributed by atoms with van der Waals surface area (Å²) in [6.07, 6.45) is 0. The Hall–Kier alpha value is -0.430. The molecule has 1 aliphatic rings. The normalized spacial score (nSPS) is 16.5. The molecule has 1 N–H and O–H groups in total. The van der Waals surface area contributed by atoms with Crippen LogP contribution in [0, 0.1) is 0 Å². The Kier molecular flexibility index (Phi) is 5.81. The van der Waals surface area contributed by atoms with Crippen LogP contribution in [0.1, 0.15) is 11.8 Å². The number of halogens is 1. The van der Waals surface area contributed by atoms with Crippen LogP contribution in [0.5, 0.6) is 0 Å². The SMILES string of the molecule is CCN(Cc1ccc(Br)s1)C(=O)CN1CCNCC1. The van der Waals surface area contributed by atoms with Gasteiger partial charge in [0.2, 0.25) is 5.91 Å². The number of thiophene rings is 1. The summed E-state index contributed by atoms with van der Waals surface area (Å²) in [6, 6.07) is 4.12. The molecular weight excluding hydrogens is 326 g/mol. The van der Waals surface area contributed by atoms with Crippen LogP contribution in [0.15, 0.2) is 15.9 Å². The highest BCUT2D eigenvalue weighted by Crippen LogP contribution is 2.23. The lowest BCUT2D eigenvalue weighted by Gasteiger charge is -2.29. The van der Waals surface area contributed by atoms with Gasteiger partial charge in [-0.25, -0.2) is 0 Å². The molecular formula is C13H20BrN3OS. The highest BCUT2D eigenvalue weighted by Gasteiger charge is 2.18. The van der Waals surface area contributed by atoms with E-state index in [1.54, 1.807) is 11.3 Å². The van der Waals surface area contributed by atoms with E-state index in [9.17, 15) is 4.79 Å². The van der Waals surface area contributed by atoms with Crippen molar-refractivity contribution in [1.29, 1.82) is 0 Å². The van der Waals surface area contributed by atoms with Crippen LogP contribution in [0.2, 0.25) is 0 Å². The molecule has 19 heavy (non-hydrogen) atoms. The molecule has 1 aromatic rings. The molecule has 0 aliphatic carbocycles. The van der Waals surface area contributed by atoms with Crippen molar-refractivity contribution in [1.82, 2.24) is 15.1 Å². The molecule has 106 valence electrons. The third kappa shape index (κ3) is 4.56. The lowest BCUT2D eigenvalue weighted by atomic mass is 10.3. The summed E-state index contributed by atoms with van der Waals surface area (Å²) in [7, 11) is 0. The first kappa shape index (κ1) is 15.0. The zero-order valence-electron chi connectivity index (χ0n) is 11.2. The van der Waals surface area contributed by atoms with Gasteiger partial charge in [-0.2, -0.15) is 0 Å². The number of amides is 1. The van der Waals surface area contributed by atoms with Gasteiger partial charge in [0.25, 0.3) is 0 Å². The van der Waals surface area contributed by atoms with Crippen molar-refractivity contribution in [2.75, 3.05) is 39.3 Å². The number of carbonyl (C=O) groups is 1. The minimum atomic E-state index is 0.230. The Morgan fingerprint density at radius 1 is 1.47 bits per heavy atom. The van der Waals surface area contributed by atoms with Crippen molar-refractivity contribution in [3.63, 3.8) is 0 Å². The van der Waals surface area contributed by atoms with Crippen LogP contribution in [0.4, 0.5) is 0 Å². The molecule has 1 aromatic heterocycles. The standard InChI is InChI=1S/C13H20BrN3OS/c1-2-17(9-11-3-4-12(14)19-11)13(18)10-16-7-5-15-6-8-16/h3-4,15H,2,5-10H2,1H3. The summed E-state index contributed by atoms with van der Waals surface area (Å²) >= 11 is 5.15. The van der Waals surface area contributed by atoms with Crippen LogP contribution in [0.25, 0.3) is 0 Å². The van der Waals surface area contributed by atoms with E-state index in [2.05, 4.69) is 32.2 Å². The van der Waals surface area contributed by atoms with E-state index < -0.39 is 0 Å². The van der Waals surface area contributed by atoms with Gasteiger partial charge in [0.1, 0.15) is 0 Å². The molecule has 1 saturated heterocycles. The van der Waals surface area contributed by atoms with Crippen LogP contribution in [-0.2, 0) is 11.3 Å². The van der Waals surface area contributed by atoms with E-state index in [-0.39, 0.29) is 5.91 Å². The van der Waals surface area contributed by atoms with E-state index in [4.69, 9.17) is 0 Å². The minimum Gasteiger partial charge on any atom is -0.337 e. The van der Waals surface area contributed by atoms with Gasteiger partial charge in [0.05, 0.1) is 16.9 Å². The lowest BCUT2D eigenvalue weighted by Crippen LogP contribution is -2.48. The number of hydrogen-bond acceptors (Lipinski definition) is 4. The van der Waals surface area contributed by atoms with Gasteiger partial charge in [-0.3, -0.25) is 9.69 Å². The van der Waals surface area contributed by atoms with Gasteiger partial charge in [0.15, 0.2) is 0 Å². The van der Waals surface area contributed by atoms with Crippen LogP contribution in [0.3, 0.4) is 0 Å². The van der Waals surface area contributed by atoms with Gasteiger partial charge in [-0.1, -0.05) is 0 Å². The fraction of sp³-hybridized carbons (Fsp3) is 0.615. The van der Waals surface area contributed by atoms with Crippen molar-refractivity contribution < 1.29 is 4.79 Å². The summed E-state index contributed by atoms with van der Waals surface area (Å²) in [5, 5.41) is 3.30. The van der Waals surface area contributed by atoms with E-state index in [0.29, 0.717) is 6.54 Å². The maximum Gasteiger partial charge on any atom is 0.237 e. The number of likely N-dealkylation sites (N-methyl/N-ethyl adjacent to an activating group) is 1. The molecule has 0 unspecified atom stereocenters. The summed E-state index contributed by atoms with van der Waals surface area (Å²) < 4.78 is 1.12. The fourth-order valence-corrected chi connectivity index (χ4v) is 3.66. The van der Waals surface area contributed by atoms with Gasteiger partial charge in [-0.15, -0.1) is 11.3 Å². The predicted octanol–water partition coefficient (Wildman–Crippen LogP) is 1.76. The Labute approximate surface area is 126 Å². The van der Waals surface area contributed by atoms with Crippen molar-refractivity contribution in [2.24, 2.45) is 0 Å². The zero-order chi connectivity index (χ0) is 13.7. The van der Waals surface area contributed by atoms with E-state index in [0.717, 1.165) is 43.1 Å². The van der Waals surface area contributed by atoms with E-state index >= 15 is 0 Å². The van der Waals surface area contributed by atoms with Crippen LogP contribution in [-0.4, -0.2) is 55.0 Å². The minimum absolute atomic E-state index is 0.230. The highest BCUT2D eigenvalue weighted by molar-refractivity contribution is 9.11. The molecule has 0 atom stereocenters. The first-order chi connectivity index (χ1) is 9.19. The molecule has 0 aromatic carbocycles.